The van der Waals surface area contributed by atoms with Gasteiger partial charge in [-0.2, -0.15) is 0 Å². The van der Waals surface area contributed by atoms with Gasteiger partial charge in [-0.3, -0.25) is 9.59 Å². The van der Waals surface area contributed by atoms with Crippen molar-refractivity contribution >= 4 is 18.0 Å². The molecule has 5 nitrogen and oxygen atoms in total. The molecule has 0 atom stereocenters. The van der Waals surface area contributed by atoms with Crippen molar-refractivity contribution in [1.29, 1.82) is 0 Å². The fourth-order valence-electron chi connectivity index (χ4n) is 1.93. The van der Waals surface area contributed by atoms with E-state index < -0.39 is 0 Å². The molecule has 0 aliphatic heterocycles. The molecule has 0 saturated carbocycles. The van der Waals surface area contributed by atoms with Crippen LogP contribution >= 0.6 is 0 Å². The second-order valence-electron chi connectivity index (χ2n) is 4.94. The van der Waals surface area contributed by atoms with Crippen LogP contribution in [0.1, 0.15) is 12.0 Å². The highest BCUT2D eigenvalue weighted by Crippen LogP contribution is 2.22. The molecule has 1 amide bonds. The van der Waals surface area contributed by atoms with Gasteiger partial charge < -0.3 is 14.8 Å². The average molecular weight is 325 g/mol. The van der Waals surface area contributed by atoms with Crippen LogP contribution in [0.4, 0.5) is 0 Å². The Morgan fingerprint density at radius 3 is 2.54 bits per heavy atom. The lowest BCUT2D eigenvalue weighted by Crippen LogP contribution is -2.24. The first kappa shape index (κ1) is 17.3. The van der Waals surface area contributed by atoms with Gasteiger partial charge in [-0.25, -0.2) is 0 Å². The van der Waals surface area contributed by atoms with E-state index in [1.54, 1.807) is 6.08 Å². The molecule has 0 unspecified atom stereocenters. The Bertz CT molecular complexity index is 710. The van der Waals surface area contributed by atoms with Crippen LogP contribution in [0.15, 0.2) is 60.7 Å². The van der Waals surface area contributed by atoms with E-state index in [4.69, 9.17) is 4.74 Å². The summed E-state index contributed by atoms with van der Waals surface area (Å²) in [6.07, 6.45) is 3.25. The third-order valence-electron chi connectivity index (χ3n) is 3.12. The number of hydrogen-bond acceptors (Lipinski definition) is 4. The van der Waals surface area contributed by atoms with Gasteiger partial charge in [0, 0.05) is 12.6 Å². The van der Waals surface area contributed by atoms with Crippen molar-refractivity contribution in [3.8, 4) is 11.5 Å². The van der Waals surface area contributed by atoms with Crippen molar-refractivity contribution in [1.82, 2.24) is 5.32 Å². The van der Waals surface area contributed by atoms with E-state index in [0.29, 0.717) is 5.75 Å². The fraction of sp³-hybridized carbons (Fsp3) is 0.158. The molecule has 24 heavy (non-hydrogen) atoms. The third kappa shape index (κ3) is 5.96. The third-order valence-corrected chi connectivity index (χ3v) is 3.12. The highest BCUT2D eigenvalue weighted by molar-refractivity contribution is 5.91. The summed E-state index contributed by atoms with van der Waals surface area (Å²) in [7, 11) is 1.31. The number of nitrogens with one attached hydrogen (secondary N) is 1. The van der Waals surface area contributed by atoms with E-state index in [1.807, 2.05) is 54.6 Å². The summed E-state index contributed by atoms with van der Waals surface area (Å²) in [5.41, 5.74) is 0.839. The molecule has 0 fully saturated rings. The summed E-state index contributed by atoms with van der Waals surface area (Å²) in [6, 6.07) is 16.9. The summed E-state index contributed by atoms with van der Waals surface area (Å²) in [4.78, 5) is 22.6. The quantitative estimate of drug-likeness (QED) is 0.627. The van der Waals surface area contributed by atoms with E-state index in [9.17, 15) is 9.59 Å². The normalized spacial score (nSPS) is 10.4. The predicted molar refractivity (Wildman–Crippen MR) is 91.6 cm³/mol. The molecule has 5 heteroatoms. The molecule has 2 aromatic carbocycles. The molecule has 0 aliphatic carbocycles. The molecule has 124 valence electrons. The first-order chi connectivity index (χ1) is 11.7. The lowest BCUT2D eigenvalue weighted by atomic mass is 10.2. The zero-order valence-electron chi connectivity index (χ0n) is 13.4. The zero-order chi connectivity index (χ0) is 17.2. The van der Waals surface area contributed by atoms with Crippen LogP contribution in [0.25, 0.3) is 6.08 Å². The van der Waals surface area contributed by atoms with E-state index in [2.05, 4.69) is 10.1 Å². The minimum Gasteiger partial charge on any atom is -0.469 e. The van der Waals surface area contributed by atoms with Gasteiger partial charge in [-0.05, 0) is 35.9 Å². The molecule has 0 heterocycles. The molecular formula is C19H19NO4. The maximum absolute atomic E-state index is 11.7. The fourth-order valence-corrected chi connectivity index (χ4v) is 1.93. The molecule has 0 aliphatic rings. The van der Waals surface area contributed by atoms with Crippen LogP contribution in [-0.4, -0.2) is 25.5 Å². The summed E-state index contributed by atoms with van der Waals surface area (Å²) in [6.45, 7) is 0.243. The molecule has 0 bridgehead atoms. The molecule has 0 radical (unpaired) electrons. The van der Waals surface area contributed by atoms with E-state index in [1.165, 1.54) is 13.2 Å². The van der Waals surface area contributed by atoms with Crippen molar-refractivity contribution in [2.24, 2.45) is 0 Å². The summed E-state index contributed by atoms with van der Waals surface area (Å²) in [5, 5.41) is 2.61. The molecule has 0 spiro atoms. The van der Waals surface area contributed by atoms with Gasteiger partial charge in [-0.1, -0.05) is 30.3 Å². The van der Waals surface area contributed by atoms with Crippen molar-refractivity contribution in [3.63, 3.8) is 0 Å². The first-order valence-electron chi connectivity index (χ1n) is 7.53. The minimum absolute atomic E-state index is 0.149. The number of methoxy groups -OCH3 is 1. The van der Waals surface area contributed by atoms with Crippen LogP contribution in [0, 0.1) is 0 Å². The second-order valence-corrected chi connectivity index (χ2v) is 4.94. The topological polar surface area (TPSA) is 64.6 Å². The summed E-state index contributed by atoms with van der Waals surface area (Å²) >= 11 is 0. The Kier molecular flexibility index (Phi) is 6.58. The van der Waals surface area contributed by atoms with E-state index in [-0.39, 0.29) is 24.8 Å². The predicted octanol–water partition coefficient (Wildman–Crippen LogP) is 3.17. The van der Waals surface area contributed by atoms with Gasteiger partial charge in [0.15, 0.2) is 0 Å². The standard InChI is InChI=1S/C19H19NO4/c1-23-19(22)12-13-20-18(21)11-10-15-6-5-9-17(14-15)24-16-7-3-2-4-8-16/h2-11,14H,12-13H2,1H3,(H,20,21)/b11-10+. The van der Waals surface area contributed by atoms with Crippen molar-refractivity contribution in [2.45, 2.75) is 6.42 Å². The smallest absolute Gasteiger partial charge is 0.307 e. The van der Waals surface area contributed by atoms with Crippen LogP contribution < -0.4 is 10.1 Å². The number of amides is 1. The Morgan fingerprint density at radius 1 is 1.04 bits per heavy atom. The monoisotopic (exact) mass is 325 g/mol. The van der Waals surface area contributed by atoms with Gasteiger partial charge in [0.25, 0.3) is 0 Å². The van der Waals surface area contributed by atoms with Gasteiger partial charge in [-0.15, -0.1) is 0 Å². The number of para-hydroxylation sites is 1. The second kappa shape index (κ2) is 9.15. The zero-order valence-corrected chi connectivity index (χ0v) is 13.4. The van der Waals surface area contributed by atoms with Gasteiger partial charge in [0.1, 0.15) is 11.5 Å². The number of carbonyl (C=O) groups excluding carboxylic acids is 2. The van der Waals surface area contributed by atoms with Crippen LogP contribution in [0.3, 0.4) is 0 Å². The van der Waals surface area contributed by atoms with Crippen molar-refractivity contribution in [2.75, 3.05) is 13.7 Å². The van der Waals surface area contributed by atoms with Gasteiger partial charge in [0.2, 0.25) is 5.91 Å². The highest BCUT2D eigenvalue weighted by Gasteiger charge is 2.01. The highest BCUT2D eigenvalue weighted by atomic mass is 16.5. The Morgan fingerprint density at radius 2 is 1.79 bits per heavy atom. The molecule has 2 rings (SSSR count). The van der Waals surface area contributed by atoms with Crippen LogP contribution in [0.2, 0.25) is 0 Å². The van der Waals surface area contributed by atoms with E-state index in [0.717, 1.165) is 11.3 Å². The lowest BCUT2D eigenvalue weighted by Gasteiger charge is -2.06. The number of benzene rings is 2. The van der Waals surface area contributed by atoms with Crippen molar-refractivity contribution in [3.05, 3.63) is 66.2 Å². The van der Waals surface area contributed by atoms with Gasteiger partial charge in [0.05, 0.1) is 13.5 Å². The summed E-state index contributed by atoms with van der Waals surface area (Å²) in [5.74, 6) is 0.812. The number of esters is 1. The van der Waals surface area contributed by atoms with Crippen molar-refractivity contribution < 1.29 is 19.1 Å². The number of ether oxygens (including phenoxy) is 2. The van der Waals surface area contributed by atoms with Crippen LogP contribution in [0.5, 0.6) is 11.5 Å². The molecule has 0 saturated heterocycles. The molecule has 0 aromatic heterocycles. The number of hydrogen-bond donors (Lipinski definition) is 1. The lowest BCUT2D eigenvalue weighted by molar-refractivity contribution is -0.140. The Balaban J connectivity index is 1.89. The molecule has 1 N–H and O–H groups in total. The maximum Gasteiger partial charge on any atom is 0.307 e. The SMILES string of the molecule is COC(=O)CCNC(=O)/C=C/c1cccc(Oc2ccccc2)c1. The first-order valence-corrected chi connectivity index (χ1v) is 7.53. The number of rotatable bonds is 7. The Hall–Kier alpha value is -3.08. The minimum atomic E-state index is -0.356. The van der Waals surface area contributed by atoms with Gasteiger partial charge >= 0.3 is 5.97 Å². The van der Waals surface area contributed by atoms with E-state index >= 15 is 0 Å². The maximum atomic E-state index is 11.7. The summed E-state index contributed by atoms with van der Waals surface area (Å²) < 4.78 is 10.2. The molecular weight excluding hydrogens is 306 g/mol. The Labute approximate surface area is 140 Å². The average Bonchev–Trinajstić information content (AvgIpc) is 2.61. The number of carbonyl (C=O) groups is 2. The largest absolute Gasteiger partial charge is 0.469 e. The molecule has 2 aromatic rings. The van der Waals surface area contributed by atoms with Crippen LogP contribution in [-0.2, 0) is 14.3 Å².